The van der Waals surface area contributed by atoms with Gasteiger partial charge < -0.3 is 16.4 Å². The molecule has 6 nitrogen and oxygen atoms in total. The normalized spacial score (nSPS) is 10.3. The number of nitrogen functional groups attached to an aromatic ring is 1. The highest BCUT2D eigenvalue weighted by molar-refractivity contribution is 5.89. The molecular formula is C12H13F2N5O. The first kappa shape index (κ1) is 13.8. The van der Waals surface area contributed by atoms with Gasteiger partial charge in [0.1, 0.15) is 17.5 Å². The highest BCUT2D eigenvalue weighted by atomic mass is 19.1. The zero-order valence-electron chi connectivity index (χ0n) is 10.7. The zero-order chi connectivity index (χ0) is 14.7. The van der Waals surface area contributed by atoms with Crippen molar-refractivity contribution < 1.29 is 13.6 Å². The molecule has 20 heavy (non-hydrogen) atoms. The number of aryl methyl sites for hydroxylation is 1. The number of benzene rings is 1. The van der Waals surface area contributed by atoms with Crippen molar-refractivity contribution in [3.8, 4) is 0 Å². The first-order valence-electron chi connectivity index (χ1n) is 5.73. The number of rotatable bonds is 3. The Morgan fingerprint density at radius 1 is 1.45 bits per heavy atom. The average Bonchev–Trinajstić information content (AvgIpc) is 2.71. The number of carbonyl (C=O) groups excluding carboxylic acids is 1. The minimum Gasteiger partial charge on any atom is -0.384 e. The third-order valence-electron chi connectivity index (χ3n) is 2.68. The van der Waals surface area contributed by atoms with Gasteiger partial charge in [0.05, 0.1) is 11.9 Å². The van der Waals surface area contributed by atoms with Gasteiger partial charge in [0.2, 0.25) is 0 Å². The summed E-state index contributed by atoms with van der Waals surface area (Å²) >= 11 is 0. The molecule has 1 heterocycles. The molecule has 0 saturated carbocycles. The quantitative estimate of drug-likeness (QED) is 0.799. The van der Waals surface area contributed by atoms with E-state index in [1.54, 1.807) is 7.05 Å². The van der Waals surface area contributed by atoms with E-state index >= 15 is 0 Å². The molecule has 0 atom stereocenters. The van der Waals surface area contributed by atoms with Crippen molar-refractivity contribution in [2.75, 3.05) is 11.1 Å². The van der Waals surface area contributed by atoms with Crippen molar-refractivity contribution >= 4 is 17.5 Å². The summed E-state index contributed by atoms with van der Waals surface area (Å²) < 4.78 is 27.5. The molecule has 0 aliphatic rings. The van der Waals surface area contributed by atoms with E-state index in [0.717, 1.165) is 12.1 Å². The first-order valence-corrected chi connectivity index (χ1v) is 5.73. The number of amides is 2. The van der Waals surface area contributed by atoms with Crippen LogP contribution in [-0.2, 0) is 13.6 Å². The van der Waals surface area contributed by atoms with E-state index in [-0.39, 0.29) is 12.2 Å². The van der Waals surface area contributed by atoms with Crippen LogP contribution in [-0.4, -0.2) is 15.8 Å². The summed E-state index contributed by atoms with van der Waals surface area (Å²) in [6.07, 6.45) is 1.52. The van der Waals surface area contributed by atoms with Crippen molar-refractivity contribution in [1.29, 1.82) is 0 Å². The molecule has 2 aromatic rings. The standard InChI is InChI=1S/C12H13F2N5O/c1-19-11(15)7(6-17-19)5-16-12(20)18-10-3-2-8(13)4-9(10)14/h2-4,6H,5,15H2,1H3,(H2,16,18,20). The van der Waals surface area contributed by atoms with Crippen molar-refractivity contribution in [2.24, 2.45) is 7.05 Å². The lowest BCUT2D eigenvalue weighted by Gasteiger charge is -2.08. The largest absolute Gasteiger partial charge is 0.384 e. The lowest BCUT2D eigenvalue weighted by atomic mass is 10.3. The Balaban J connectivity index is 1.94. The lowest BCUT2D eigenvalue weighted by molar-refractivity contribution is 0.251. The van der Waals surface area contributed by atoms with Crippen LogP contribution in [0.2, 0.25) is 0 Å². The Kier molecular flexibility index (Phi) is 3.83. The third-order valence-corrected chi connectivity index (χ3v) is 2.68. The number of nitrogens with two attached hydrogens (primary N) is 1. The summed E-state index contributed by atoms with van der Waals surface area (Å²) in [4.78, 5) is 11.6. The molecule has 0 spiro atoms. The van der Waals surface area contributed by atoms with Gasteiger partial charge >= 0.3 is 6.03 Å². The van der Waals surface area contributed by atoms with Gasteiger partial charge in [-0.25, -0.2) is 13.6 Å². The monoisotopic (exact) mass is 281 g/mol. The van der Waals surface area contributed by atoms with Gasteiger partial charge in [0.25, 0.3) is 0 Å². The summed E-state index contributed by atoms with van der Waals surface area (Å²) in [5.41, 5.74) is 6.24. The fourth-order valence-corrected chi connectivity index (χ4v) is 1.56. The van der Waals surface area contributed by atoms with Crippen molar-refractivity contribution in [2.45, 2.75) is 6.54 Å². The molecule has 4 N–H and O–H groups in total. The molecule has 0 bridgehead atoms. The average molecular weight is 281 g/mol. The number of hydrogen-bond donors (Lipinski definition) is 3. The molecule has 0 fully saturated rings. The maximum absolute atomic E-state index is 13.3. The van der Waals surface area contributed by atoms with Gasteiger partial charge in [0.15, 0.2) is 0 Å². The van der Waals surface area contributed by atoms with E-state index < -0.39 is 17.7 Å². The molecule has 0 saturated heterocycles. The SMILES string of the molecule is Cn1ncc(CNC(=O)Nc2ccc(F)cc2F)c1N. The van der Waals surface area contributed by atoms with E-state index in [0.29, 0.717) is 17.4 Å². The van der Waals surface area contributed by atoms with Crippen LogP contribution in [0.1, 0.15) is 5.56 Å². The molecule has 8 heteroatoms. The van der Waals surface area contributed by atoms with E-state index in [1.165, 1.54) is 10.9 Å². The number of hydrogen-bond acceptors (Lipinski definition) is 3. The van der Waals surface area contributed by atoms with Crippen LogP contribution in [0, 0.1) is 11.6 Å². The number of halogens is 2. The highest BCUT2D eigenvalue weighted by Crippen LogP contribution is 2.15. The maximum Gasteiger partial charge on any atom is 0.319 e. The van der Waals surface area contributed by atoms with Crippen LogP contribution in [0.25, 0.3) is 0 Å². The van der Waals surface area contributed by atoms with E-state index in [1.807, 2.05) is 0 Å². The Hall–Kier alpha value is -2.64. The molecule has 2 amide bonds. The molecule has 0 aliphatic heterocycles. The molecular weight excluding hydrogens is 268 g/mol. The Morgan fingerprint density at radius 3 is 2.80 bits per heavy atom. The summed E-state index contributed by atoms with van der Waals surface area (Å²) in [6, 6.07) is 2.26. The van der Waals surface area contributed by atoms with Crippen LogP contribution < -0.4 is 16.4 Å². The van der Waals surface area contributed by atoms with Gasteiger partial charge in [0, 0.05) is 25.2 Å². The van der Waals surface area contributed by atoms with Crippen LogP contribution in [0.3, 0.4) is 0 Å². The van der Waals surface area contributed by atoms with Crippen molar-refractivity contribution in [3.05, 3.63) is 41.6 Å². The fourth-order valence-electron chi connectivity index (χ4n) is 1.56. The Morgan fingerprint density at radius 2 is 2.20 bits per heavy atom. The van der Waals surface area contributed by atoms with Crippen LogP contribution in [0.15, 0.2) is 24.4 Å². The van der Waals surface area contributed by atoms with Gasteiger partial charge in [-0.05, 0) is 12.1 Å². The van der Waals surface area contributed by atoms with Gasteiger partial charge in [-0.3, -0.25) is 4.68 Å². The third kappa shape index (κ3) is 3.02. The smallest absolute Gasteiger partial charge is 0.319 e. The van der Waals surface area contributed by atoms with Crippen LogP contribution in [0.5, 0.6) is 0 Å². The van der Waals surface area contributed by atoms with E-state index in [2.05, 4.69) is 15.7 Å². The molecule has 106 valence electrons. The summed E-state index contributed by atoms with van der Waals surface area (Å²) in [6.45, 7) is 0.147. The Bertz CT molecular complexity index is 641. The molecule has 0 unspecified atom stereocenters. The van der Waals surface area contributed by atoms with E-state index in [4.69, 9.17) is 5.73 Å². The van der Waals surface area contributed by atoms with Crippen LogP contribution >= 0.6 is 0 Å². The summed E-state index contributed by atoms with van der Waals surface area (Å²) in [5, 5.41) is 8.69. The fraction of sp³-hybridized carbons (Fsp3) is 0.167. The zero-order valence-corrected chi connectivity index (χ0v) is 10.7. The predicted molar refractivity (Wildman–Crippen MR) is 69.8 cm³/mol. The number of carbonyl (C=O) groups is 1. The number of aromatic nitrogens is 2. The van der Waals surface area contributed by atoms with Gasteiger partial charge in [-0.15, -0.1) is 0 Å². The molecule has 2 rings (SSSR count). The van der Waals surface area contributed by atoms with Crippen LogP contribution in [0.4, 0.5) is 25.1 Å². The number of nitrogens with one attached hydrogen (secondary N) is 2. The summed E-state index contributed by atoms with van der Waals surface area (Å²) in [5.74, 6) is -1.13. The molecule has 0 radical (unpaired) electrons. The lowest BCUT2D eigenvalue weighted by Crippen LogP contribution is -2.28. The second-order valence-electron chi connectivity index (χ2n) is 4.11. The van der Waals surface area contributed by atoms with Gasteiger partial charge in [-0.2, -0.15) is 5.10 Å². The highest BCUT2D eigenvalue weighted by Gasteiger charge is 2.09. The molecule has 1 aromatic heterocycles. The minimum absolute atomic E-state index is 0.108. The first-order chi connectivity index (χ1) is 9.47. The number of urea groups is 1. The number of nitrogens with zero attached hydrogens (tertiary/aromatic N) is 2. The summed E-state index contributed by atoms with van der Waals surface area (Å²) in [7, 11) is 1.67. The number of anilines is 2. The topological polar surface area (TPSA) is 85.0 Å². The van der Waals surface area contributed by atoms with Crippen molar-refractivity contribution in [1.82, 2.24) is 15.1 Å². The molecule has 1 aromatic carbocycles. The minimum atomic E-state index is -0.846. The molecule has 0 aliphatic carbocycles. The second-order valence-corrected chi connectivity index (χ2v) is 4.11. The Labute approximate surface area is 113 Å². The van der Waals surface area contributed by atoms with E-state index in [9.17, 15) is 13.6 Å². The maximum atomic E-state index is 13.3. The predicted octanol–water partition coefficient (Wildman–Crippen LogP) is 1.60. The van der Waals surface area contributed by atoms with Gasteiger partial charge in [-0.1, -0.05) is 0 Å². The second kappa shape index (κ2) is 5.55. The van der Waals surface area contributed by atoms with Crippen molar-refractivity contribution in [3.63, 3.8) is 0 Å².